The number of amides is 1. The van der Waals surface area contributed by atoms with Crippen LogP contribution in [0.15, 0.2) is 12.5 Å². The minimum Gasteiger partial charge on any atom is -0.444 e. The van der Waals surface area contributed by atoms with E-state index in [2.05, 4.69) is 14.9 Å². The van der Waals surface area contributed by atoms with E-state index < -0.39 is 5.60 Å². The minimum absolute atomic E-state index is 0.343. The molecule has 5 nitrogen and oxygen atoms in total. The van der Waals surface area contributed by atoms with Crippen LogP contribution >= 0.6 is 0 Å². The van der Waals surface area contributed by atoms with Crippen molar-refractivity contribution in [2.45, 2.75) is 58.1 Å². The van der Waals surface area contributed by atoms with Gasteiger partial charge in [-0.3, -0.25) is 0 Å². The zero-order chi connectivity index (χ0) is 16.2. The molecule has 5 heteroatoms. The van der Waals surface area contributed by atoms with E-state index in [4.69, 9.17) is 4.74 Å². The second kappa shape index (κ2) is 5.25. The predicted molar refractivity (Wildman–Crippen MR) is 87.0 cm³/mol. The molecule has 4 rings (SSSR count). The van der Waals surface area contributed by atoms with Gasteiger partial charge in [0.1, 0.15) is 5.60 Å². The molecule has 0 radical (unpaired) electrons. The Kier molecular flexibility index (Phi) is 3.43. The molecule has 3 aliphatic carbocycles. The number of fused-ring (bicyclic) bond motifs is 5. The van der Waals surface area contributed by atoms with Crippen LogP contribution in [-0.2, 0) is 11.2 Å². The number of nitrogens with one attached hydrogen (secondary N) is 1. The summed E-state index contributed by atoms with van der Waals surface area (Å²) in [5.41, 5.74) is 0.788. The van der Waals surface area contributed by atoms with Crippen molar-refractivity contribution in [1.29, 1.82) is 0 Å². The number of alkyl carbamates (subject to hydrolysis) is 1. The van der Waals surface area contributed by atoms with Crippen LogP contribution in [0.4, 0.5) is 4.79 Å². The van der Waals surface area contributed by atoms with E-state index in [1.807, 2.05) is 33.3 Å². The second-order valence-electron chi connectivity index (χ2n) is 8.45. The first-order chi connectivity index (χ1) is 10.9. The molecule has 3 fully saturated rings. The SMILES string of the molecule is CC(C)(C)OC(=O)NCCc1cncn1C1C2C3CCC(C3)C21. The molecule has 0 saturated heterocycles. The number of carbonyl (C=O) groups is 1. The maximum atomic E-state index is 11.7. The molecule has 4 atom stereocenters. The van der Waals surface area contributed by atoms with E-state index in [0.717, 1.165) is 30.1 Å². The molecular weight excluding hydrogens is 290 g/mol. The summed E-state index contributed by atoms with van der Waals surface area (Å²) < 4.78 is 7.66. The molecule has 1 amide bonds. The summed E-state index contributed by atoms with van der Waals surface area (Å²) in [6.07, 6.45) is 8.75. The summed E-state index contributed by atoms with van der Waals surface area (Å²) >= 11 is 0. The summed E-state index contributed by atoms with van der Waals surface area (Å²) in [6.45, 7) is 6.22. The fourth-order valence-electron chi connectivity index (χ4n) is 5.05. The number of hydrogen-bond acceptors (Lipinski definition) is 3. The fraction of sp³-hybridized carbons (Fsp3) is 0.778. The maximum absolute atomic E-state index is 11.7. The Balaban J connectivity index is 1.32. The van der Waals surface area contributed by atoms with Gasteiger partial charge in [0.25, 0.3) is 0 Å². The van der Waals surface area contributed by atoms with Crippen molar-refractivity contribution in [2.24, 2.45) is 23.7 Å². The molecule has 23 heavy (non-hydrogen) atoms. The first-order valence-corrected chi connectivity index (χ1v) is 8.91. The maximum Gasteiger partial charge on any atom is 0.407 e. The Morgan fingerprint density at radius 2 is 2.04 bits per heavy atom. The first-order valence-electron chi connectivity index (χ1n) is 8.91. The number of hydrogen-bond donors (Lipinski definition) is 1. The number of aromatic nitrogens is 2. The highest BCUT2D eigenvalue weighted by Crippen LogP contribution is 2.71. The van der Waals surface area contributed by atoms with E-state index >= 15 is 0 Å². The van der Waals surface area contributed by atoms with Crippen molar-refractivity contribution in [3.8, 4) is 0 Å². The zero-order valence-corrected chi connectivity index (χ0v) is 14.3. The fourth-order valence-corrected chi connectivity index (χ4v) is 5.05. The molecule has 1 N–H and O–H groups in total. The number of imidazole rings is 1. The van der Waals surface area contributed by atoms with Gasteiger partial charge in [-0.05, 0) is 63.7 Å². The average molecular weight is 317 g/mol. The molecule has 1 heterocycles. The van der Waals surface area contributed by atoms with E-state index in [1.165, 1.54) is 25.0 Å². The predicted octanol–water partition coefficient (Wildman–Crippen LogP) is 3.17. The third-order valence-corrected chi connectivity index (χ3v) is 5.81. The van der Waals surface area contributed by atoms with Crippen molar-refractivity contribution >= 4 is 6.09 Å². The van der Waals surface area contributed by atoms with Gasteiger partial charge in [-0.1, -0.05) is 0 Å². The summed E-state index contributed by atoms with van der Waals surface area (Å²) in [5, 5.41) is 2.84. The lowest BCUT2D eigenvalue weighted by Crippen LogP contribution is -2.33. The van der Waals surface area contributed by atoms with E-state index in [9.17, 15) is 4.79 Å². The molecule has 3 saturated carbocycles. The molecule has 126 valence electrons. The Morgan fingerprint density at radius 1 is 1.35 bits per heavy atom. The Morgan fingerprint density at radius 3 is 2.70 bits per heavy atom. The minimum atomic E-state index is -0.448. The van der Waals surface area contributed by atoms with Crippen LogP contribution < -0.4 is 5.32 Å². The van der Waals surface area contributed by atoms with Crippen LogP contribution in [0, 0.1) is 23.7 Å². The molecule has 2 bridgehead atoms. The van der Waals surface area contributed by atoms with Crippen molar-refractivity contribution in [3.05, 3.63) is 18.2 Å². The van der Waals surface area contributed by atoms with Crippen molar-refractivity contribution in [3.63, 3.8) is 0 Å². The van der Waals surface area contributed by atoms with Gasteiger partial charge in [-0.2, -0.15) is 0 Å². The van der Waals surface area contributed by atoms with Crippen LogP contribution in [-0.4, -0.2) is 27.8 Å². The van der Waals surface area contributed by atoms with Gasteiger partial charge in [-0.15, -0.1) is 0 Å². The lowest BCUT2D eigenvalue weighted by molar-refractivity contribution is 0.0528. The molecule has 1 aromatic heterocycles. The molecule has 4 unspecified atom stereocenters. The summed E-state index contributed by atoms with van der Waals surface area (Å²) in [6, 6.07) is 0.681. The first kappa shape index (κ1) is 15.0. The van der Waals surface area contributed by atoms with Crippen molar-refractivity contribution < 1.29 is 9.53 Å². The monoisotopic (exact) mass is 317 g/mol. The van der Waals surface area contributed by atoms with Gasteiger partial charge in [0.05, 0.1) is 6.33 Å². The van der Waals surface area contributed by atoms with Crippen LogP contribution in [0.2, 0.25) is 0 Å². The molecule has 0 spiro atoms. The van der Waals surface area contributed by atoms with Crippen LogP contribution in [0.5, 0.6) is 0 Å². The number of rotatable bonds is 4. The third-order valence-electron chi connectivity index (χ3n) is 5.81. The van der Waals surface area contributed by atoms with Gasteiger partial charge in [0, 0.05) is 30.9 Å². The second-order valence-corrected chi connectivity index (χ2v) is 8.45. The van der Waals surface area contributed by atoms with E-state index in [1.54, 1.807) is 0 Å². The largest absolute Gasteiger partial charge is 0.444 e. The smallest absolute Gasteiger partial charge is 0.407 e. The Hall–Kier alpha value is -1.52. The number of ether oxygens (including phenoxy) is 1. The molecule has 3 aliphatic rings. The highest BCUT2D eigenvalue weighted by Gasteiger charge is 2.65. The molecular formula is C18H27N3O2. The van der Waals surface area contributed by atoms with Gasteiger partial charge in [-0.25, -0.2) is 9.78 Å². The Labute approximate surface area is 137 Å². The highest BCUT2D eigenvalue weighted by molar-refractivity contribution is 5.67. The lowest BCUT2D eigenvalue weighted by atomic mass is 10.0. The van der Waals surface area contributed by atoms with Crippen LogP contribution in [0.25, 0.3) is 0 Å². The molecule has 1 aromatic rings. The van der Waals surface area contributed by atoms with Crippen LogP contribution in [0.3, 0.4) is 0 Å². The number of nitrogens with zero attached hydrogens (tertiary/aromatic N) is 2. The number of carbonyl (C=O) groups excluding carboxylic acids is 1. The zero-order valence-electron chi connectivity index (χ0n) is 14.3. The van der Waals surface area contributed by atoms with Gasteiger partial charge >= 0.3 is 6.09 Å². The highest BCUT2D eigenvalue weighted by atomic mass is 16.6. The lowest BCUT2D eigenvalue weighted by Gasteiger charge is -2.19. The van der Waals surface area contributed by atoms with E-state index in [-0.39, 0.29) is 6.09 Å². The molecule has 0 aliphatic heterocycles. The van der Waals surface area contributed by atoms with Gasteiger partial charge in [0.15, 0.2) is 0 Å². The third kappa shape index (κ3) is 2.74. The normalized spacial score (nSPS) is 34.3. The van der Waals surface area contributed by atoms with Crippen molar-refractivity contribution in [1.82, 2.24) is 14.9 Å². The van der Waals surface area contributed by atoms with Crippen molar-refractivity contribution in [2.75, 3.05) is 6.54 Å². The summed E-state index contributed by atoms with van der Waals surface area (Å²) in [4.78, 5) is 16.1. The van der Waals surface area contributed by atoms with E-state index in [0.29, 0.717) is 12.6 Å². The molecule has 0 aromatic carbocycles. The average Bonchev–Trinajstić information content (AvgIpc) is 2.84. The quantitative estimate of drug-likeness (QED) is 0.928. The summed E-state index contributed by atoms with van der Waals surface area (Å²) in [5.74, 6) is 3.73. The van der Waals surface area contributed by atoms with Gasteiger partial charge in [0.2, 0.25) is 0 Å². The van der Waals surface area contributed by atoms with Gasteiger partial charge < -0.3 is 14.6 Å². The standard InChI is InChI=1S/C18H27N3O2/c1-18(2,3)23-17(22)20-7-6-13-9-19-10-21(13)16-14-11-4-5-12(8-11)15(14)16/h9-12,14-16H,4-8H2,1-3H3,(H,20,22). The Bertz CT molecular complexity index is 588. The topological polar surface area (TPSA) is 56.1 Å². The summed E-state index contributed by atoms with van der Waals surface area (Å²) in [7, 11) is 0. The van der Waals surface area contributed by atoms with Crippen LogP contribution in [0.1, 0.15) is 51.8 Å².